The summed E-state index contributed by atoms with van der Waals surface area (Å²) in [5, 5.41) is 11.7. The Morgan fingerprint density at radius 2 is 1.55 bits per heavy atom. The van der Waals surface area contributed by atoms with E-state index in [1.165, 1.54) is 0 Å². The highest BCUT2D eigenvalue weighted by atomic mass is 35.5. The lowest BCUT2D eigenvalue weighted by Gasteiger charge is -2.41. The molecule has 5 rings (SSSR count). The molecule has 0 aliphatic carbocycles. The average molecular weight is 558 g/mol. The van der Waals surface area contributed by atoms with Crippen molar-refractivity contribution >= 4 is 23.2 Å². The maximum Gasteiger partial charge on any atom is 0.233 e. The molecule has 0 aromatic heterocycles. The number of amides is 1. The second-order valence-corrected chi connectivity index (χ2v) is 10.7. The summed E-state index contributed by atoms with van der Waals surface area (Å²) in [5.41, 5.74) is 4.03. The van der Waals surface area contributed by atoms with Gasteiger partial charge in [-0.15, -0.1) is 0 Å². The van der Waals surface area contributed by atoms with Crippen LogP contribution in [0.3, 0.4) is 0 Å². The molecule has 40 heavy (non-hydrogen) atoms. The van der Waals surface area contributed by atoms with E-state index in [2.05, 4.69) is 0 Å². The Morgan fingerprint density at radius 3 is 2.23 bits per heavy atom. The third-order valence-corrected chi connectivity index (χ3v) is 7.56. The molecule has 0 radical (unpaired) electrons. The van der Waals surface area contributed by atoms with E-state index in [1.807, 2.05) is 98.8 Å². The number of hydrogen-bond donors (Lipinski definition) is 1. The number of benzene rings is 4. The number of carbonyl (C=O) groups excluding carboxylic acids is 1. The predicted molar refractivity (Wildman–Crippen MR) is 156 cm³/mol. The minimum atomic E-state index is -0.842. The van der Waals surface area contributed by atoms with Crippen LogP contribution in [0.2, 0.25) is 5.02 Å². The third kappa shape index (κ3) is 5.56. The molecule has 0 spiro atoms. The molecule has 7 heteroatoms. The summed E-state index contributed by atoms with van der Waals surface area (Å²) in [6.45, 7) is 3.95. The lowest BCUT2D eigenvalue weighted by atomic mass is 9.94. The zero-order valence-corrected chi connectivity index (χ0v) is 23.7. The van der Waals surface area contributed by atoms with Gasteiger partial charge in [0.05, 0.1) is 26.2 Å². The number of fused-ring (bicyclic) bond motifs is 1. The second kappa shape index (κ2) is 11.3. The standard InChI is InChI=1S/C33H32ClNO5/c1-33(2,24-10-12-25(34)13-11-24)40-32-29-17-16-28(39-4)19-23(29)20-30(36)35(32)26-14-8-21(9-15-26)31(37)22-6-5-7-27(18-22)38-3/h5-19,31-32,37H,20H2,1-4H3/t31?,32-/m0/s1. The highest BCUT2D eigenvalue weighted by Crippen LogP contribution is 2.42. The molecule has 1 aliphatic rings. The molecule has 4 aromatic rings. The van der Waals surface area contributed by atoms with E-state index in [1.54, 1.807) is 25.2 Å². The van der Waals surface area contributed by atoms with Gasteiger partial charge in [-0.1, -0.05) is 54.1 Å². The Morgan fingerprint density at radius 1 is 0.875 bits per heavy atom. The van der Waals surface area contributed by atoms with Gasteiger partial charge in [0.25, 0.3) is 0 Å². The molecular formula is C33H32ClNO5. The van der Waals surface area contributed by atoms with Crippen LogP contribution in [0, 0.1) is 0 Å². The lowest BCUT2D eigenvalue weighted by Crippen LogP contribution is -2.44. The Bertz CT molecular complexity index is 1500. The predicted octanol–water partition coefficient (Wildman–Crippen LogP) is 6.98. The van der Waals surface area contributed by atoms with Gasteiger partial charge in [-0.2, -0.15) is 0 Å². The third-order valence-electron chi connectivity index (χ3n) is 7.30. The van der Waals surface area contributed by atoms with E-state index in [9.17, 15) is 9.90 Å². The van der Waals surface area contributed by atoms with Crippen LogP contribution >= 0.6 is 11.6 Å². The fourth-order valence-electron chi connectivity index (χ4n) is 5.04. The summed E-state index contributed by atoms with van der Waals surface area (Å²) in [5.74, 6) is 1.26. The average Bonchev–Trinajstić information content (AvgIpc) is 2.96. The maximum atomic E-state index is 13.7. The fourth-order valence-corrected chi connectivity index (χ4v) is 5.16. The van der Waals surface area contributed by atoms with Crippen LogP contribution in [0.25, 0.3) is 0 Å². The number of aliphatic hydroxyl groups excluding tert-OH is 1. The molecule has 4 aromatic carbocycles. The van der Waals surface area contributed by atoms with Crippen molar-refractivity contribution in [3.63, 3.8) is 0 Å². The fraction of sp³-hybridized carbons (Fsp3) is 0.242. The lowest BCUT2D eigenvalue weighted by molar-refractivity contribution is -0.128. The van der Waals surface area contributed by atoms with Crippen molar-refractivity contribution in [1.82, 2.24) is 0 Å². The number of ether oxygens (including phenoxy) is 3. The van der Waals surface area contributed by atoms with Crippen molar-refractivity contribution in [2.75, 3.05) is 19.1 Å². The first-order valence-corrected chi connectivity index (χ1v) is 13.4. The molecule has 1 amide bonds. The molecule has 6 nitrogen and oxygen atoms in total. The summed E-state index contributed by atoms with van der Waals surface area (Å²) in [4.78, 5) is 15.4. The molecule has 206 valence electrons. The van der Waals surface area contributed by atoms with Gasteiger partial charge in [0.2, 0.25) is 5.91 Å². The van der Waals surface area contributed by atoms with Crippen LogP contribution in [-0.2, 0) is 21.6 Å². The smallest absolute Gasteiger partial charge is 0.233 e. The van der Waals surface area contributed by atoms with Gasteiger partial charge in [0, 0.05) is 16.3 Å². The van der Waals surface area contributed by atoms with Crippen molar-refractivity contribution in [3.8, 4) is 11.5 Å². The van der Waals surface area contributed by atoms with Crippen LogP contribution in [0.1, 0.15) is 54.0 Å². The normalized spacial score (nSPS) is 15.9. The van der Waals surface area contributed by atoms with Crippen LogP contribution in [0.5, 0.6) is 11.5 Å². The minimum absolute atomic E-state index is 0.0984. The van der Waals surface area contributed by atoms with Crippen molar-refractivity contribution in [2.45, 2.75) is 38.2 Å². The van der Waals surface area contributed by atoms with Gasteiger partial charge < -0.3 is 19.3 Å². The Balaban J connectivity index is 1.51. The van der Waals surface area contributed by atoms with Gasteiger partial charge in [-0.25, -0.2) is 0 Å². The highest BCUT2D eigenvalue weighted by Gasteiger charge is 2.38. The molecule has 1 unspecified atom stereocenters. The molecule has 0 bridgehead atoms. The minimum Gasteiger partial charge on any atom is -0.497 e. The van der Waals surface area contributed by atoms with Gasteiger partial charge in [0.1, 0.15) is 17.6 Å². The number of nitrogens with zero attached hydrogens (tertiary/aromatic N) is 1. The van der Waals surface area contributed by atoms with Gasteiger partial charge >= 0.3 is 0 Å². The van der Waals surface area contributed by atoms with Crippen LogP contribution in [0.15, 0.2) is 91.0 Å². The molecule has 0 saturated heterocycles. The number of hydrogen-bond acceptors (Lipinski definition) is 5. The molecule has 2 atom stereocenters. The first-order valence-electron chi connectivity index (χ1n) is 13.0. The van der Waals surface area contributed by atoms with Gasteiger partial charge in [-0.3, -0.25) is 9.69 Å². The summed E-state index contributed by atoms with van der Waals surface area (Å²) in [6.07, 6.45) is -1.32. The summed E-state index contributed by atoms with van der Waals surface area (Å²) in [7, 11) is 3.20. The summed E-state index contributed by atoms with van der Waals surface area (Å²) >= 11 is 6.13. The van der Waals surface area contributed by atoms with Crippen molar-refractivity contribution in [2.24, 2.45) is 0 Å². The van der Waals surface area contributed by atoms with E-state index in [-0.39, 0.29) is 12.3 Å². The van der Waals surface area contributed by atoms with Crippen molar-refractivity contribution in [1.29, 1.82) is 0 Å². The maximum absolute atomic E-state index is 13.7. The first kappa shape index (κ1) is 27.7. The highest BCUT2D eigenvalue weighted by molar-refractivity contribution is 6.30. The molecule has 1 aliphatic heterocycles. The molecule has 0 saturated carbocycles. The first-order chi connectivity index (χ1) is 19.2. The number of halogens is 1. The zero-order valence-electron chi connectivity index (χ0n) is 22.9. The number of rotatable bonds is 8. The SMILES string of the molecule is COc1cccc(C(O)c2ccc(N3C(=O)Cc4cc(OC)ccc4[C@@H]3OC(C)(C)c3ccc(Cl)cc3)cc2)c1. The number of aliphatic hydroxyl groups is 1. The molecular weight excluding hydrogens is 526 g/mol. The number of carbonyl (C=O) groups is 1. The Hall–Kier alpha value is -3.84. The monoisotopic (exact) mass is 557 g/mol. The second-order valence-electron chi connectivity index (χ2n) is 10.3. The van der Waals surface area contributed by atoms with Crippen LogP contribution < -0.4 is 14.4 Å². The quantitative estimate of drug-likeness (QED) is 0.253. The number of anilines is 1. The van der Waals surface area contributed by atoms with Crippen LogP contribution in [0.4, 0.5) is 5.69 Å². The van der Waals surface area contributed by atoms with E-state index < -0.39 is 17.9 Å². The Labute approximate surface area is 239 Å². The van der Waals surface area contributed by atoms with Crippen LogP contribution in [-0.4, -0.2) is 25.2 Å². The van der Waals surface area contributed by atoms with E-state index in [0.717, 1.165) is 22.3 Å². The topological polar surface area (TPSA) is 68.2 Å². The number of methoxy groups -OCH3 is 2. The van der Waals surface area contributed by atoms with E-state index in [0.29, 0.717) is 27.8 Å². The van der Waals surface area contributed by atoms with E-state index >= 15 is 0 Å². The van der Waals surface area contributed by atoms with Crippen molar-refractivity contribution < 1.29 is 24.1 Å². The molecule has 1 N–H and O–H groups in total. The van der Waals surface area contributed by atoms with Gasteiger partial charge in [0.15, 0.2) is 6.23 Å². The summed E-state index contributed by atoms with van der Waals surface area (Å²) in [6, 6.07) is 27.9. The molecule has 0 fully saturated rings. The largest absolute Gasteiger partial charge is 0.497 e. The Kier molecular flexibility index (Phi) is 7.86. The zero-order chi connectivity index (χ0) is 28.4. The molecule has 1 heterocycles. The van der Waals surface area contributed by atoms with Gasteiger partial charge in [-0.05, 0) is 84.6 Å². The van der Waals surface area contributed by atoms with E-state index in [4.69, 9.17) is 25.8 Å². The summed E-state index contributed by atoms with van der Waals surface area (Å²) < 4.78 is 17.5. The van der Waals surface area contributed by atoms with Crippen molar-refractivity contribution in [3.05, 3.63) is 124 Å².